The van der Waals surface area contributed by atoms with Crippen LogP contribution in [-0.4, -0.2) is 24.6 Å². The van der Waals surface area contributed by atoms with Gasteiger partial charge in [0.25, 0.3) is 0 Å². The van der Waals surface area contributed by atoms with Crippen LogP contribution in [0.15, 0.2) is 12.5 Å². The van der Waals surface area contributed by atoms with E-state index < -0.39 is 0 Å². The first-order valence-electron chi connectivity index (χ1n) is 3.67. The van der Waals surface area contributed by atoms with Crippen molar-refractivity contribution in [2.75, 3.05) is 13.7 Å². The summed E-state index contributed by atoms with van der Waals surface area (Å²) in [6.07, 6.45) is 0. The second-order valence-electron chi connectivity index (χ2n) is 3.13. The molecule has 1 heterocycles. The number of rotatable bonds is 1. The molecule has 0 bridgehead atoms. The molecule has 1 fully saturated rings. The fourth-order valence-corrected chi connectivity index (χ4v) is 1.22. The van der Waals surface area contributed by atoms with Crippen molar-refractivity contribution in [1.82, 2.24) is 4.90 Å². The molecule has 10 heavy (non-hydrogen) atoms. The van der Waals surface area contributed by atoms with Gasteiger partial charge in [-0.1, -0.05) is 13.8 Å². The highest BCUT2D eigenvalue weighted by atomic mass is 16.5. The molecule has 0 aliphatic carbocycles. The monoisotopic (exact) mass is 141 g/mol. The molecule has 1 aliphatic rings. The smallest absolute Gasteiger partial charge is 0.181 e. The van der Waals surface area contributed by atoms with E-state index in [2.05, 4.69) is 25.3 Å². The summed E-state index contributed by atoms with van der Waals surface area (Å²) in [7, 11) is 2.03. The van der Waals surface area contributed by atoms with Crippen molar-refractivity contribution in [2.24, 2.45) is 5.92 Å². The van der Waals surface area contributed by atoms with Gasteiger partial charge in [-0.2, -0.15) is 0 Å². The third-order valence-electron chi connectivity index (χ3n) is 2.08. The molecule has 58 valence electrons. The van der Waals surface area contributed by atoms with Crippen LogP contribution in [0.2, 0.25) is 0 Å². The van der Waals surface area contributed by atoms with Gasteiger partial charge < -0.3 is 9.64 Å². The normalized spacial score (nSPS) is 25.8. The molecule has 2 nitrogen and oxygen atoms in total. The third kappa shape index (κ3) is 1.11. The van der Waals surface area contributed by atoms with Crippen LogP contribution < -0.4 is 0 Å². The Balaban J connectivity index is 2.57. The van der Waals surface area contributed by atoms with Crippen molar-refractivity contribution < 1.29 is 4.74 Å². The number of hydrogen-bond acceptors (Lipinski definition) is 2. The largest absolute Gasteiger partial charge is 0.477 e. The van der Waals surface area contributed by atoms with Crippen LogP contribution in [0.3, 0.4) is 0 Å². The van der Waals surface area contributed by atoms with E-state index in [1.165, 1.54) is 0 Å². The summed E-state index contributed by atoms with van der Waals surface area (Å²) in [5, 5.41) is 0. The number of likely N-dealkylation sites (N-methyl/N-ethyl adjacent to an activating group) is 1. The molecule has 0 spiro atoms. The predicted octanol–water partition coefficient (Wildman–Crippen LogP) is 1.44. The van der Waals surface area contributed by atoms with Gasteiger partial charge >= 0.3 is 0 Å². The van der Waals surface area contributed by atoms with Gasteiger partial charge in [-0.05, 0) is 12.5 Å². The zero-order valence-corrected chi connectivity index (χ0v) is 6.92. The van der Waals surface area contributed by atoms with Crippen molar-refractivity contribution in [3.8, 4) is 0 Å². The summed E-state index contributed by atoms with van der Waals surface area (Å²) in [4.78, 5) is 2.10. The van der Waals surface area contributed by atoms with Gasteiger partial charge in [0.1, 0.15) is 6.61 Å². The van der Waals surface area contributed by atoms with Crippen molar-refractivity contribution in [3.63, 3.8) is 0 Å². The second kappa shape index (κ2) is 2.52. The van der Waals surface area contributed by atoms with E-state index in [1.807, 2.05) is 7.05 Å². The molecular weight excluding hydrogens is 126 g/mol. The maximum absolute atomic E-state index is 5.27. The summed E-state index contributed by atoms with van der Waals surface area (Å²) >= 11 is 0. The number of nitrogens with zero attached hydrogens (tertiary/aromatic N) is 1. The van der Waals surface area contributed by atoms with Crippen molar-refractivity contribution >= 4 is 0 Å². The van der Waals surface area contributed by atoms with Gasteiger partial charge in [-0.3, -0.25) is 0 Å². The molecule has 1 saturated heterocycles. The number of ether oxygens (including phenoxy) is 1. The molecule has 1 rings (SSSR count). The van der Waals surface area contributed by atoms with E-state index >= 15 is 0 Å². The standard InChI is InChI=1S/C8H15NO/c1-6(2)8-5-10-7(3)9(8)4/h6,8H,3,5H2,1-2,4H3. The lowest BCUT2D eigenvalue weighted by atomic mass is 10.1. The van der Waals surface area contributed by atoms with Gasteiger partial charge in [0, 0.05) is 7.05 Å². The van der Waals surface area contributed by atoms with Crippen LogP contribution in [-0.2, 0) is 4.74 Å². The first-order chi connectivity index (χ1) is 4.63. The molecule has 0 aromatic rings. The van der Waals surface area contributed by atoms with Gasteiger partial charge in [-0.15, -0.1) is 0 Å². The summed E-state index contributed by atoms with van der Waals surface area (Å²) in [6.45, 7) is 8.97. The molecule has 0 aromatic carbocycles. The molecule has 0 radical (unpaired) electrons. The van der Waals surface area contributed by atoms with Crippen LogP contribution in [0.25, 0.3) is 0 Å². The molecule has 0 aromatic heterocycles. The Hall–Kier alpha value is -0.660. The van der Waals surface area contributed by atoms with E-state index in [0.29, 0.717) is 12.0 Å². The summed E-state index contributed by atoms with van der Waals surface area (Å²) in [5.74, 6) is 1.45. The van der Waals surface area contributed by atoms with Crippen LogP contribution in [0.5, 0.6) is 0 Å². The first kappa shape index (κ1) is 7.45. The molecule has 0 saturated carbocycles. The fourth-order valence-electron chi connectivity index (χ4n) is 1.22. The Morgan fingerprint density at radius 3 is 2.50 bits per heavy atom. The Morgan fingerprint density at radius 1 is 1.70 bits per heavy atom. The summed E-state index contributed by atoms with van der Waals surface area (Å²) < 4.78 is 5.27. The third-order valence-corrected chi connectivity index (χ3v) is 2.08. The zero-order chi connectivity index (χ0) is 7.72. The minimum absolute atomic E-state index is 0.521. The summed E-state index contributed by atoms with van der Waals surface area (Å²) in [6, 6.07) is 0.521. The zero-order valence-electron chi connectivity index (χ0n) is 6.92. The van der Waals surface area contributed by atoms with Crippen molar-refractivity contribution in [3.05, 3.63) is 12.5 Å². The Bertz CT molecular complexity index is 142. The van der Waals surface area contributed by atoms with Crippen LogP contribution in [0, 0.1) is 5.92 Å². The molecule has 0 amide bonds. The van der Waals surface area contributed by atoms with Crippen molar-refractivity contribution in [2.45, 2.75) is 19.9 Å². The van der Waals surface area contributed by atoms with Crippen LogP contribution in [0.1, 0.15) is 13.8 Å². The highest BCUT2D eigenvalue weighted by Crippen LogP contribution is 2.21. The van der Waals surface area contributed by atoms with E-state index in [9.17, 15) is 0 Å². The van der Waals surface area contributed by atoms with Crippen LogP contribution in [0.4, 0.5) is 0 Å². The molecule has 0 N–H and O–H groups in total. The Morgan fingerprint density at radius 2 is 2.30 bits per heavy atom. The van der Waals surface area contributed by atoms with Gasteiger partial charge in [-0.25, -0.2) is 0 Å². The van der Waals surface area contributed by atoms with Gasteiger partial charge in [0.05, 0.1) is 6.04 Å². The van der Waals surface area contributed by atoms with E-state index in [1.54, 1.807) is 0 Å². The van der Waals surface area contributed by atoms with E-state index in [4.69, 9.17) is 4.74 Å². The minimum atomic E-state index is 0.521. The minimum Gasteiger partial charge on any atom is -0.477 e. The topological polar surface area (TPSA) is 12.5 Å². The average Bonchev–Trinajstić information content (AvgIpc) is 2.14. The van der Waals surface area contributed by atoms with Gasteiger partial charge in [0.2, 0.25) is 0 Å². The Labute approximate surface area is 62.5 Å². The van der Waals surface area contributed by atoms with Crippen LogP contribution >= 0.6 is 0 Å². The van der Waals surface area contributed by atoms with Crippen molar-refractivity contribution in [1.29, 1.82) is 0 Å². The maximum atomic E-state index is 5.27. The molecule has 2 heteroatoms. The quantitative estimate of drug-likeness (QED) is 0.548. The lowest BCUT2D eigenvalue weighted by Gasteiger charge is -2.21. The molecular formula is C8H15NO. The van der Waals surface area contributed by atoms with Gasteiger partial charge in [0.15, 0.2) is 5.88 Å². The first-order valence-corrected chi connectivity index (χ1v) is 3.67. The van der Waals surface area contributed by atoms with E-state index in [-0.39, 0.29) is 0 Å². The molecule has 1 atom stereocenters. The molecule has 1 aliphatic heterocycles. The predicted molar refractivity (Wildman–Crippen MR) is 41.5 cm³/mol. The highest BCUT2D eigenvalue weighted by molar-refractivity contribution is 4.93. The number of hydrogen-bond donors (Lipinski definition) is 0. The summed E-state index contributed by atoms with van der Waals surface area (Å²) in [5.41, 5.74) is 0. The van der Waals surface area contributed by atoms with E-state index in [0.717, 1.165) is 12.5 Å². The lowest BCUT2D eigenvalue weighted by Crippen LogP contribution is -2.30. The fraction of sp³-hybridized carbons (Fsp3) is 0.750. The highest BCUT2D eigenvalue weighted by Gasteiger charge is 2.27. The maximum Gasteiger partial charge on any atom is 0.181 e. The molecule has 1 unspecified atom stereocenters. The Kier molecular flexibility index (Phi) is 1.88. The SMILES string of the molecule is C=C1OCC(C(C)C)N1C. The second-order valence-corrected chi connectivity index (χ2v) is 3.13. The average molecular weight is 141 g/mol. The lowest BCUT2D eigenvalue weighted by molar-refractivity contribution is 0.243.